The average molecular weight is 124 g/mol. The molecule has 1 spiro atoms. The summed E-state index contributed by atoms with van der Waals surface area (Å²) in [4.78, 5) is 0. The summed E-state index contributed by atoms with van der Waals surface area (Å²) in [5.41, 5.74) is 0.884. The molecule has 2 saturated carbocycles. The van der Waals surface area contributed by atoms with Crippen LogP contribution in [0.1, 0.15) is 33.6 Å². The number of rotatable bonds is 1. The third-order valence-corrected chi connectivity index (χ3v) is 4.03. The minimum Gasteiger partial charge on any atom is -0.0651 e. The van der Waals surface area contributed by atoms with E-state index >= 15 is 0 Å². The first kappa shape index (κ1) is 5.76. The molecule has 0 bridgehead atoms. The third-order valence-electron chi connectivity index (χ3n) is 4.03. The van der Waals surface area contributed by atoms with Crippen LogP contribution in [0.4, 0.5) is 0 Å². The van der Waals surface area contributed by atoms with Crippen molar-refractivity contribution in [2.24, 2.45) is 23.2 Å². The van der Waals surface area contributed by atoms with Gasteiger partial charge in [-0.2, -0.15) is 0 Å². The summed E-state index contributed by atoms with van der Waals surface area (Å²) >= 11 is 0. The Morgan fingerprint density at radius 3 is 2.00 bits per heavy atom. The van der Waals surface area contributed by atoms with Crippen molar-refractivity contribution >= 4 is 0 Å². The molecule has 0 N–H and O–H groups in total. The second kappa shape index (κ2) is 1.36. The van der Waals surface area contributed by atoms with Crippen molar-refractivity contribution in [3.63, 3.8) is 0 Å². The number of hydrogen-bond donors (Lipinski definition) is 0. The van der Waals surface area contributed by atoms with Crippen LogP contribution in [0.3, 0.4) is 0 Å². The highest BCUT2D eigenvalue weighted by Gasteiger charge is 2.72. The largest absolute Gasteiger partial charge is 0.0651 e. The van der Waals surface area contributed by atoms with Crippen molar-refractivity contribution in [3.8, 4) is 0 Å². The molecule has 2 rings (SSSR count). The Kier molecular flexibility index (Phi) is 0.868. The van der Waals surface area contributed by atoms with Crippen LogP contribution in [-0.4, -0.2) is 0 Å². The lowest BCUT2D eigenvalue weighted by Crippen LogP contribution is -1.80. The van der Waals surface area contributed by atoms with Crippen LogP contribution in [0.5, 0.6) is 0 Å². The highest BCUT2D eigenvalue weighted by molar-refractivity contribution is 5.20. The predicted octanol–water partition coefficient (Wildman–Crippen LogP) is 2.69. The molecule has 3 unspecified atom stereocenters. The monoisotopic (exact) mass is 124 g/mol. The molecule has 2 fully saturated rings. The molecule has 2 aliphatic carbocycles. The molecule has 0 aromatic carbocycles. The highest BCUT2D eigenvalue weighted by atomic mass is 14.8. The Labute approximate surface area is 57.6 Å². The van der Waals surface area contributed by atoms with Gasteiger partial charge in [-0.3, -0.25) is 0 Å². The first-order valence-electron chi connectivity index (χ1n) is 4.23. The summed E-state index contributed by atoms with van der Waals surface area (Å²) in [6.07, 6.45) is 2.97. The fraction of sp³-hybridized carbons (Fsp3) is 1.00. The molecule has 2 aliphatic rings. The zero-order chi connectivity index (χ0) is 6.65. The summed E-state index contributed by atoms with van der Waals surface area (Å²) < 4.78 is 0. The molecule has 0 aromatic rings. The normalized spacial score (nSPS) is 62.3. The van der Waals surface area contributed by atoms with Gasteiger partial charge in [-0.25, -0.2) is 0 Å². The van der Waals surface area contributed by atoms with Crippen molar-refractivity contribution in [3.05, 3.63) is 0 Å². The molecule has 0 aromatic heterocycles. The second-order valence-corrected chi connectivity index (χ2v) is 4.00. The van der Waals surface area contributed by atoms with E-state index < -0.39 is 0 Å². The van der Waals surface area contributed by atoms with Crippen LogP contribution < -0.4 is 0 Å². The standard InChI is InChI=1S/C9H16/c1-4-8-5-9(8)6(2)7(9)3/h6-8H,4-5H2,1-3H3. The lowest BCUT2D eigenvalue weighted by Gasteiger charge is -1.87. The molecular weight excluding hydrogens is 108 g/mol. The molecular formula is C9H16. The van der Waals surface area contributed by atoms with E-state index in [4.69, 9.17) is 0 Å². The van der Waals surface area contributed by atoms with Crippen LogP contribution in [-0.2, 0) is 0 Å². The van der Waals surface area contributed by atoms with Crippen molar-refractivity contribution in [2.45, 2.75) is 33.6 Å². The van der Waals surface area contributed by atoms with E-state index in [-0.39, 0.29) is 0 Å². The molecule has 0 aliphatic heterocycles. The maximum atomic E-state index is 2.42. The Balaban J connectivity index is 2.03. The van der Waals surface area contributed by atoms with Gasteiger partial charge in [0, 0.05) is 0 Å². The molecule has 0 saturated heterocycles. The van der Waals surface area contributed by atoms with E-state index in [1.54, 1.807) is 6.42 Å². The van der Waals surface area contributed by atoms with Gasteiger partial charge in [0.15, 0.2) is 0 Å². The summed E-state index contributed by atoms with van der Waals surface area (Å²) in [6.45, 7) is 7.16. The van der Waals surface area contributed by atoms with Gasteiger partial charge in [-0.05, 0) is 29.6 Å². The maximum Gasteiger partial charge on any atom is -0.0209 e. The van der Waals surface area contributed by atoms with Gasteiger partial charge in [-0.1, -0.05) is 27.2 Å². The fourth-order valence-electron chi connectivity index (χ4n) is 2.90. The molecule has 0 heteroatoms. The minimum absolute atomic E-state index is 0.884. The van der Waals surface area contributed by atoms with Crippen molar-refractivity contribution in [2.75, 3.05) is 0 Å². The fourth-order valence-corrected chi connectivity index (χ4v) is 2.90. The molecule has 0 nitrogen and oxygen atoms in total. The Morgan fingerprint density at radius 1 is 1.33 bits per heavy atom. The third kappa shape index (κ3) is 0.461. The van der Waals surface area contributed by atoms with E-state index in [1.807, 2.05) is 0 Å². The predicted molar refractivity (Wildman–Crippen MR) is 39.2 cm³/mol. The zero-order valence-electron chi connectivity index (χ0n) is 6.65. The minimum atomic E-state index is 0.884. The number of hydrogen-bond acceptors (Lipinski definition) is 0. The molecule has 3 atom stereocenters. The van der Waals surface area contributed by atoms with Crippen LogP contribution >= 0.6 is 0 Å². The zero-order valence-corrected chi connectivity index (χ0v) is 6.65. The maximum absolute atomic E-state index is 2.42. The van der Waals surface area contributed by atoms with Gasteiger partial charge in [-0.15, -0.1) is 0 Å². The van der Waals surface area contributed by atoms with E-state index in [0.29, 0.717) is 0 Å². The molecule has 52 valence electrons. The SMILES string of the molecule is CCC1CC12C(C)C2C. The lowest BCUT2D eigenvalue weighted by atomic mass is 10.2. The summed E-state index contributed by atoms with van der Waals surface area (Å²) in [6, 6.07) is 0. The van der Waals surface area contributed by atoms with Crippen LogP contribution in [0.15, 0.2) is 0 Å². The first-order chi connectivity index (χ1) is 4.23. The van der Waals surface area contributed by atoms with Crippen LogP contribution in [0.25, 0.3) is 0 Å². The average Bonchev–Trinajstić information content (AvgIpc) is 2.68. The highest BCUT2D eigenvalue weighted by Crippen LogP contribution is 2.78. The topological polar surface area (TPSA) is 0 Å². The van der Waals surface area contributed by atoms with Gasteiger partial charge in [0.2, 0.25) is 0 Å². The summed E-state index contributed by atoms with van der Waals surface area (Å²) in [5.74, 6) is 3.23. The second-order valence-electron chi connectivity index (χ2n) is 4.00. The van der Waals surface area contributed by atoms with E-state index in [9.17, 15) is 0 Å². The van der Waals surface area contributed by atoms with Gasteiger partial charge in [0.05, 0.1) is 0 Å². The van der Waals surface area contributed by atoms with Gasteiger partial charge in [0.1, 0.15) is 0 Å². The van der Waals surface area contributed by atoms with Crippen molar-refractivity contribution < 1.29 is 0 Å². The van der Waals surface area contributed by atoms with Crippen molar-refractivity contribution in [1.29, 1.82) is 0 Å². The van der Waals surface area contributed by atoms with E-state index in [0.717, 1.165) is 23.2 Å². The Morgan fingerprint density at radius 2 is 1.89 bits per heavy atom. The Hall–Kier alpha value is 0. The van der Waals surface area contributed by atoms with Crippen molar-refractivity contribution in [1.82, 2.24) is 0 Å². The van der Waals surface area contributed by atoms with Gasteiger partial charge in [0.25, 0.3) is 0 Å². The molecule has 0 amide bonds. The van der Waals surface area contributed by atoms with Gasteiger partial charge < -0.3 is 0 Å². The molecule has 0 radical (unpaired) electrons. The first-order valence-corrected chi connectivity index (χ1v) is 4.23. The molecule has 0 heterocycles. The van der Waals surface area contributed by atoms with Crippen LogP contribution in [0.2, 0.25) is 0 Å². The molecule has 9 heavy (non-hydrogen) atoms. The smallest absolute Gasteiger partial charge is 0.0209 e. The quantitative estimate of drug-likeness (QED) is 0.504. The van der Waals surface area contributed by atoms with Gasteiger partial charge >= 0.3 is 0 Å². The van der Waals surface area contributed by atoms with E-state index in [2.05, 4.69) is 20.8 Å². The van der Waals surface area contributed by atoms with Crippen LogP contribution in [0, 0.1) is 23.2 Å². The summed E-state index contributed by atoms with van der Waals surface area (Å²) in [5, 5.41) is 0. The Bertz CT molecular complexity index is 129. The lowest BCUT2D eigenvalue weighted by molar-refractivity contribution is 0.621. The van der Waals surface area contributed by atoms with E-state index in [1.165, 1.54) is 6.42 Å². The summed E-state index contributed by atoms with van der Waals surface area (Å²) in [7, 11) is 0.